The van der Waals surface area contributed by atoms with Crippen molar-refractivity contribution in [1.82, 2.24) is 19.6 Å². The van der Waals surface area contributed by atoms with Crippen LogP contribution in [0.4, 0.5) is 5.69 Å². The molecule has 9 heteroatoms. The van der Waals surface area contributed by atoms with E-state index in [1.807, 2.05) is 0 Å². The van der Waals surface area contributed by atoms with Crippen LogP contribution < -0.4 is 5.32 Å². The fourth-order valence-electron chi connectivity index (χ4n) is 1.76. The Morgan fingerprint density at radius 3 is 2.76 bits per heavy atom. The van der Waals surface area contributed by atoms with Gasteiger partial charge in [-0.1, -0.05) is 0 Å². The molecule has 0 unspecified atom stereocenters. The molecule has 2 aromatic rings. The number of rotatable bonds is 5. The van der Waals surface area contributed by atoms with Gasteiger partial charge in [-0.05, 0) is 15.9 Å². The molecule has 0 fully saturated rings. The van der Waals surface area contributed by atoms with Crippen molar-refractivity contribution < 1.29 is 14.3 Å². The Morgan fingerprint density at radius 1 is 1.38 bits per heavy atom. The number of carbonyl (C=O) groups is 2. The number of nitrogens with one attached hydrogen (secondary N) is 1. The Bertz CT molecular complexity index is 664. The van der Waals surface area contributed by atoms with E-state index in [-0.39, 0.29) is 18.0 Å². The van der Waals surface area contributed by atoms with Crippen molar-refractivity contribution in [3.8, 4) is 0 Å². The first-order valence-electron chi connectivity index (χ1n) is 6.09. The van der Waals surface area contributed by atoms with Crippen molar-refractivity contribution in [3.63, 3.8) is 0 Å². The quantitative estimate of drug-likeness (QED) is 0.813. The molecule has 2 heterocycles. The van der Waals surface area contributed by atoms with E-state index >= 15 is 0 Å². The van der Waals surface area contributed by atoms with Crippen LogP contribution in [0.2, 0.25) is 0 Å². The van der Waals surface area contributed by atoms with Crippen LogP contribution >= 0.6 is 15.9 Å². The van der Waals surface area contributed by atoms with Crippen LogP contribution in [0, 0.1) is 0 Å². The van der Waals surface area contributed by atoms with Gasteiger partial charge in [-0.2, -0.15) is 10.2 Å². The zero-order valence-corrected chi connectivity index (χ0v) is 13.1. The summed E-state index contributed by atoms with van der Waals surface area (Å²) in [5.41, 5.74) is 0.531. The van der Waals surface area contributed by atoms with Crippen molar-refractivity contribution in [1.29, 1.82) is 0 Å². The topological polar surface area (TPSA) is 91.0 Å². The van der Waals surface area contributed by atoms with E-state index in [0.29, 0.717) is 12.2 Å². The number of hydrogen-bond acceptors (Lipinski definition) is 5. The Labute approximate surface area is 129 Å². The smallest absolute Gasteiger partial charge is 0.358 e. The van der Waals surface area contributed by atoms with E-state index < -0.39 is 5.97 Å². The fourth-order valence-corrected chi connectivity index (χ4v) is 2.09. The van der Waals surface area contributed by atoms with E-state index in [1.165, 1.54) is 18.0 Å². The molecule has 1 amide bonds. The first-order valence-corrected chi connectivity index (χ1v) is 6.88. The van der Waals surface area contributed by atoms with E-state index in [0.717, 1.165) is 4.47 Å². The number of methoxy groups -OCH3 is 1. The van der Waals surface area contributed by atoms with Crippen LogP contribution in [0.15, 0.2) is 23.1 Å². The van der Waals surface area contributed by atoms with Gasteiger partial charge in [-0.25, -0.2) is 4.79 Å². The van der Waals surface area contributed by atoms with Gasteiger partial charge in [0.05, 0.1) is 29.7 Å². The average molecular weight is 356 g/mol. The number of ether oxygens (including phenoxy) is 1. The van der Waals surface area contributed by atoms with Crippen molar-refractivity contribution in [2.45, 2.75) is 13.0 Å². The number of anilines is 1. The zero-order chi connectivity index (χ0) is 15.4. The van der Waals surface area contributed by atoms with Gasteiger partial charge in [0.25, 0.3) is 0 Å². The van der Waals surface area contributed by atoms with Crippen molar-refractivity contribution in [2.75, 3.05) is 12.4 Å². The molecule has 0 saturated carbocycles. The van der Waals surface area contributed by atoms with Gasteiger partial charge in [-0.3, -0.25) is 14.2 Å². The minimum atomic E-state index is -0.554. The molecule has 0 aliphatic heterocycles. The molecule has 0 spiro atoms. The molecule has 112 valence electrons. The first kappa shape index (κ1) is 15.2. The molecule has 2 aromatic heterocycles. The van der Waals surface area contributed by atoms with Crippen molar-refractivity contribution >= 4 is 33.5 Å². The highest BCUT2D eigenvalue weighted by molar-refractivity contribution is 9.10. The molecule has 0 aliphatic carbocycles. The normalized spacial score (nSPS) is 10.4. The Kier molecular flexibility index (Phi) is 4.73. The lowest BCUT2D eigenvalue weighted by atomic mass is 10.3. The van der Waals surface area contributed by atoms with Crippen LogP contribution in [0.3, 0.4) is 0 Å². The molecule has 0 aliphatic rings. The summed E-state index contributed by atoms with van der Waals surface area (Å²) in [6.07, 6.45) is 5.06. The van der Waals surface area contributed by atoms with E-state index in [1.54, 1.807) is 24.1 Å². The van der Waals surface area contributed by atoms with Crippen LogP contribution in [0.1, 0.15) is 16.9 Å². The lowest BCUT2D eigenvalue weighted by molar-refractivity contribution is -0.116. The third-order valence-corrected chi connectivity index (χ3v) is 3.17. The molecule has 21 heavy (non-hydrogen) atoms. The Balaban J connectivity index is 1.98. The third-order valence-electron chi connectivity index (χ3n) is 2.76. The SMILES string of the molecule is COC(=O)c1c(NC(=O)CCn2cc(Br)cn2)cnn1C. The number of esters is 1. The third kappa shape index (κ3) is 3.69. The summed E-state index contributed by atoms with van der Waals surface area (Å²) in [7, 11) is 2.87. The molecule has 1 N–H and O–H groups in total. The van der Waals surface area contributed by atoms with Crippen molar-refractivity contribution in [3.05, 3.63) is 28.8 Å². The highest BCUT2D eigenvalue weighted by atomic mass is 79.9. The van der Waals surface area contributed by atoms with E-state index in [4.69, 9.17) is 0 Å². The molecular weight excluding hydrogens is 342 g/mol. The monoisotopic (exact) mass is 355 g/mol. The standard InChI is InChI=1S/C12H14BrN5O3/c1-17-11(12(20)21-2)9(6-14-17)16-10(19)3-4-18-7-8(13)5-15-18/h5-7H,3-4H2,1-2H3,(H,16,19). The predicted molar refractivity (Wildman–Crippen MR) is 77.7 cm³/mol. The van der Waals surface area contributed by atoms with E-state index in [2.05, 4.69) is 36.2 Å². The highest BCUT2D eigenvalue weighted by Crippen LogP contribution is 2.15. The largest absolute Gasteiger partial charge is 0.464 e. The number of aromatic nitrogens is 4. The molecule has 8 nitrogen and oxygen atoms in total. The summed E-state index contributed by atoms with van der Waals surface area (Å²) in [4.78, 5) is 23.5. The van der Waals surface area contributed by atoms with Crippen LogP contribution in [0.5, 0.6) is 0 Å². The van der Waals surface area contributed by atoms with Gasteiger partial charge < -0.3 is 10.1 Å². The minimum Gasteiger partial charge on any atom is -0.464 e. The number of amides is 1. The van der Waals surface area contributed by atoms with Gasteiger partial charge in [0.2, 0.25) is 5.91 Å². The average Bonchev–Trinajstić information content (AvgIpc) is 3.02. The first-order chi connectivity index (χ1) is 10.0. The predicted octanol–water partition coefficient (Wildman–Crippen LogP) is 1.19. The number of halogens is 1. The summed E-state index contributed by atoms with van der Waals surface area (Å²) in [6, 6.07) is 0. The number of hydrogen-bond donors (Lipinski definition) is 1. The van der Waals surface area contributed by atoms with Gasteiger partial charge in [0, 0.05) is 26.2 Å². The second kappa shape index (κ2) is 6.53. The Morgan fingerprint density at radius 2 is 2.14 bits per heavy atom. The van der Waals surface area contributed by atoms with Gasteiger partial charge in [0.15, 0.2) is 5.69 Å². The molecule has 0 saturated heterocycles. The maximum absolute atomic E-state index is 11.9. The Hall–Kier alpha value is -2.16. The number of nitrogens with zero attached hydrogens (tertiary/aromatic N) is 4. The molecule has 0 aromatic carbocycles. The van der Waals surface area contributed by atoms with Crippen molar-refractivity contribution in [2.24, 2.45) is 7.05 Å². The van der Waals surface area contributed by atoms with Gasteiger partial charge >= 0.3 is 5.97 Å². The molecular formula is C12H14BrN5O3. The van der Waals surface area contributed by atoms with Gasteiger partial charge in [-0.15, -0.1) is 0 Å². The zero-order valence-electron chi connectivity index (χ0n) is 11.5. The summed E-state index contributed by atoms with van der Waals surface area (Å²) in [5, 5.41) is 10.6. The second-order valence-corrected chi connectivity index (χ2v) is 5.16. The highest BCUT2D eigenvalue weighted by Gasteiger charge is 2.19. The molecule has 0 atom stereocenters. The fraction of sp³-hybridized carbons (Fsp3) is 0.333. The lowest BCUT2D eigenvalue weighted by Crippen LogP contribution is -2.17. The molecule has 2 rings (SSSR count). The maximum atomic E-state index is 11.9. The molecule has 0 radical (unpaired) electrons. The number of carbonyl (C=O) groups excluding carboxylic acids is 2. The number of aryl methyl sites for hydroxylation is 2. The summed E-state index contributed by atoms with van der Waals surface area (Å²) in [5.74, 6) is -0.791. The summed E-state index contributed by atoms with van der Waals surface area (Å²) >= 11 is 3.28. The second-order valence-electron chi connectivity index (χ2n) is 4.24. The minimum absolute atomic E-state index is 0.202. The summed E-state index contributed by atoms with van der Waals surface area (Å²) in [6.45, 7) is 0.436. The van der Waals surface area contributed by atoms with Gasteiger partial charge in [0.1, 0.15) is 0 Å². The summed E-state index contributed by atoms with van der Waals surface area (Å²) < 4.78 is 8.51. The van der Waals surface area contributed by atoms with E-state index in [9.17, 15) is 9.59 Å². The van der Waals surface area contributed by atoms with Crippen LogP contribution in [-0.2, 0) is 23.1 Å². The van der Waals surface area contributed by atoms with Crippen LogP contribution in [-0.4, -0.2) is 38.5 Å². The lowest BCUT2D eigenvalue weighted by Gasteiger charge is -2.06. The van der Waals surface area contributed by atoms with Crippen LogP contribution in [0.25, 0.3) is 0 Å². The maximum Gasteiger partial charge on any atom is 0.358 e. The molecule has 0 bridgehead atoms.